The second-order valence-corrected chi connectivity index (χ2v) is 10.4. The summed E-state index contributed by atoms with van der Waals surface area (Å²) in [6.45, 7) is 10.7. The van der Waals surface area contributed by atoms with Crippen molar-refractivity contribution in [2.75, 3.05) is 26.2 Å². The SMILES string of the molecule is Cc1cn2nc(C3=CC(=O)N4C=C(N5CC(N6CCCCC6)C5)C=CC4=CCC3C)cc2c(C)n1. The zero-order valence-electron chi connectivity index (χ0n) is 20.9. The third-order valence-electron chi connectivity index (χ3n) is 7.88. The van der Waals surface area contributed by atoms with Gasteiger partial charge in [-0.25, -0.2) is 4.52 Å². The molecule has 2 aromatic rings. The molecule has 0 spiro atoms. The van der Waals surface area contributed by atoms with Crippen LogP contribution in [0.15, 0.2) is 54.2 Å². The van der Waals surface area contributed by atoms with Gasteiger partial charge in [-0.3, -0.25) is 19.6 Å². The first-order valence-electron chi connectivity index (χ1n) is 12.9. The Labute approximate surface area is 207 Å². The minimum Gasteiger partial charge on any atom is -0.367 e. The van der Waals surface area contributed by atoms with Crippen LogP contribution in [-0.2, 0) is 4.79 Å². The van der Waals surface area contributed by atoms with Crippen molar-refractivity contribution in [3.05, 3.63) is 71.2 Å². The van der Waals surface area contributed by atoms with Gasteiger partial charge in [0.1, 0.15) is 0 Å². The fraction of sp³-hybridized carbons (Fsp3) is 0.464. The summed E-state index contributed by atoms with van der Waals surface area (Å²) in [7, 11) is 0. The summed E-state index contributed by atoms with van der Waals surface area (Å²) in [6.07, 6.45) is 17.0. The minimum atomic E-state index is -0.0177. The Morgan fingerprint density at radius 3 is 2.60 bits per heavy atom. The second-order valence-electron chi connectivity index (χ2n) is 10.4. The van der Waals surface area contributed by atoms with E-state index in [-0.39, 0.29) is 11.8 Å². The molecule has 4 aliphatic rings. The zero-order chi connectivity index (χ0) is 24.1. The van der Waals surface area contributed by atoms with Crippen molar-refractivity contribution < 1.29 is 4.79 Å². The van der Waals surface area contributed by atoms with Gasteiger partial charge in [0.15, 0.2) is 0 Å². The molecule has 182 valence electrons. The van der Waals surface area contributed by atoms with E-state index in [1.807, 2.05) is 35.7 Å². The normalized spacial score (nSPS) is 23.9. The van der Waals surface area contributed by atoms with Crippen molar-refractivity contribution in [2.24, 2.45) is 5.92 Å². The fourth-order valence-corrected chi connectivity index (χ4v) is 5.75. The number of amides is 1. The molecule has 0 aliphatic carbocycles. The van der Waals surface area contributed by atoms with Crippen LogP contribution in [0.25, 0.3) is 11.1 Å². The lowest BCUT2D eigenvalue weighted by atomic mass is 9.92. The molecule has 0 saturated carbocycles. The smallest absolute Gasteiger partial charge is 0.255 e. The van der Waals surface area contributed by atoms with E-state index in [0.717, 1.165) is 59.1 Å². The van der Waals surface area contributed by atoms with Gasteiger partial charge in [0, 0.05) is 37.1 Å². The van der Waals surface area contributed by atoms with Gasteiger partial charge in [0.05, 0.1) is 34.5 Å². The summed E-state index contributed by atoms with van der Waals surface area (Å²) in [5.41, 5.74) is 6.76. The van der Waals surface area contributed by atoms with Gasteiger partial charge in [0.2, 0.25) is 0 Å². The molecule has 2 fully saturated rings. The first kappa shape index (κ1) is 22.3. The molecule has 4 aliphatic heterocycles. The maximum atomic E-state index is 13.5. The number of carbonyl (C=O) groups excluding carboxylic acids is 1. The van der Waals surface area contributed by atoms with E-state index < -0.39 is 0 Å². The first-order chi connectivity index (χ1) is 17.0. The maximum Gasteiger partial charge on any atom is 0.255 e. The highest BCUT2D eigenvalue weighted by atomic mass is 16.2. The van der Waals surface area contributed by atoms with Crippen LogP contribution >= 0.6 is 0 Å². The Morgan fingerprint density at radius 1 is 1.03 bits per heavy atom. The highest BCUT2D eigenvalue weighted by Crippen LogP contribution is 2.33. The monoisotopic (exact) mass is 470 g/mol. The fourth-order valence-electron chi connectivity index (χ4n) is 5.75. The van der Waals surface area contributed by atoms with Crippen LogP contribution in [0.3, 0.4) is 0 Å². The van der Waals surface area contributed by atoms with Crippen molar-refractivity contribution >= 4 is 17.0 Å². The van der Waals surface area contributed by atoms with E-state index in [2.05, 4.69) is 46.0 Å². The van der Waals surface area contributed by atoms with E-state index >= 15 is 0 Å². The van der Waals surface area contributed by atoms with E-state index in [4.69, 9.17) is 5.10 Å². The number of carbonyl (C=O) groups is 1. The average Bonchev–Trinajstić information content (AvgIpc) is 3.24. The molecule has 1 atom stereocenters. The third kappa shape index (κ3) is 4.12. The van der Waals surface area contributed by atoms with Crippen LogP contribution in [0.5, 0.6) is 0 Å². The molecule has 1 unspecified atom stereocenters. The number of piperidine rings is 1. The maximum absolute atomic E-state index is 13.5. The molecule has 0 N–H and O–H groups in total. The predicted molar refractivity (Wildman–Crippen MR) is 137 cm³/mol. The van der Waals surface area contributed by atoms with Gasteiger partial charge in [-0.15, -0.1) is 0 Å². The van der Waals surface area contributed by atoms with Crippen LogP contribution in [0.4, 0.5) is 0 Å². The molecule has 2 aromatic heterocycles. The Morgan fingerprint density at radius 2 is 1.80 bits per heavy atom. The van der Waals surface area contributed by atoms with Gasteiger partial charge in [-0.2, -0.15) is 5.10 Å². The molecular formula is C28H34N6O. The van der Waals surface area contributed by atoms with Crippen LogP contribution in [0.2, 0.25) is 0 Å². The number of aryl methyl sites for hydroxylation is 2. The van der Waals surface area contributed by atoms with Gasteiger partial charge in [-0.1, -0.05) is 19.4 Å². The largest absolute Gasteiger partial charge is 0.367 e. The van der Waals surface area contributed by atoms with Gasteiger partial charge >= 0.3 is 0 Å². The van der Waals surface area contributed by atoms with E-state index in [1.165, 1.54) is 32.4 Å². The second kappa shape index (κ2) is 8.79. The van der Waals surface area contributed by atoms with Crippen molar-refractivity contribution in [1.29, 1.82) is 0 Å². The Balaban J connectivity index is 1.24. The summed E-state index contributed by atoms with van der Waals surface area (Å²) in [5, 5.41) is 4.81. The molecule has 2 saturated heterocycles. The molecular weight excluding hydrogens is 436 g/mol. The molecule has 6 heterocycles. The van der Waals surface area contributed by atoms with E-state index in [0.29, 0.717) is 6.04 Å². The molecule has 35 heavy (non-hydrogen) atoms. The third-order valence-corrected chi connectivity index (χ3v) is 7.88. The summed E-state index contributed by atoms with van der Waals surface area (Å²) in [5.74, 6) is 0.170. The molecule has 0 bridgehead atoms. The van der Waals surface area contributed by atoms with Crippen molar-refractivity contribution in [1.82, 2.24) is 29.3 Å². The van der Waals surface area contributed by atoms with Gasteiger partial charge in [-0.05, 0) is 75.9 Å². The summed E-state index contributed by atoms with van der Waals surface area (Å²) >= 11 is 0. The lowest BCUT2D eigenvalue weighted by Crippen LogP contribution is -2.59. The Bertz CT molecular complexity index is 1290. The van der Waals surface area contributed by atoms with Crippen molar-refractivity contribution in [3.8, 4) is 0 Å². The van der Waals surface area contributed by atoms with E-state index in [9.17, 15) is 4.79 Å². The summed E-state index contributed by atoms with van der Waals surface area (Å²) < 4.78 is 1.88. The number of nitrogens with zero attached hydrogens (tertiary/aromatic N) is 6. The highest BCUT2D eigenvalue weighted by molar-refractivity contribution is 5.98. The average molecular weight is 471 g/mol. The molecule has 1 amide bonds. The van der Waals surface area contributed by atoms with Crippen LogP contribution < -0.4 is 0 Å². The number of rotatable bonds is 3. The predicted octanol–water partition coefficient (Wildman–Crippen LogP) is 4.06. The topological polar surface area (TPSA) is 57.0 Å². The molecule has 0 aromatic carbocycles. The van der Waals surface area contributed by atoms with Crippen LogP contribution in [0.1, 0.15) is 49.7 Å². The standard InChI is InChI=1S/C28H34N6O/c1-19-7-8-22-9-10-23(32-16-24(17-32)31-11-5-4-6-12-31)18-33(22)28(35)13-25(19)26-14-27-21(3)29-20(2)15-34(27)30-26/h8-10,13-15,18-19,24H,4-7,11-12,16-17H2,1-3H3. The van der Waals surface area contributed by atoms with Crippen LogP contribution in [0, 0.1) is 19.8 Å². The number of likely N-dealkylation sites (tertiary alicyclic amines) is 2. The quantitative estimate of drug-likeness (QED) is 0.677. The Kier molecular flexibility index (Phi) is 5.60. The zero-order valence-corrected chi connectivity index (χ0v) is 20.9. The number of hydrogen-bond acceptors (Lipinski definition) is 5. The number of fused-ring (bicyclic) bond motifs is 2. The Hall–Kier alpha value is -3.19. The number of hydrogen-bond donors (Lipinski definition) is 0. The van der Waals surface area contributed by atoms with Crippen LogP contribution in [-0.4, -0.2) is 67.4 Å². The van der Waals surface area contributed by atoms with E-state index in [1.54, 1.807) is 6.08 Å². The lowest BCUT2D eigenvalue weighted by molar-refractivity contribution is -0.122. The summed E-state index contributed by atoms with van der Waals surface area (Å²) in [4.78, 5) is 24.9. The number of allylic oxidation sites excluding steroid dienone is 4. The summed E-state index contributed by atoms with van der Waals surface area (Å²) in [6, 6.07) is 2.70. The molecule has 7 nitrogen and oxygen atoms in total. The molecule has 6 rings (SSSR count). The van der Waals surface area contributed by atoms with Gasteiger partial charge in [0.25, 0.3) is 5.91 Å². The number of aromatic nitrogens is 3. The van der Waals surface area contributed by atoms with Crippen molar-refractivity contribution in [2.45, 2.75) is 52.5 Å². The van der Waals surface area contributed by atoms with Gasteiger partial charge < -0.3 is 4.90 Å². The lowest BCUT2D eigenvalue weighted by Gasteiger charge is -2.48. The molecule has 7 heteroatoms. The highest BCUT2D eigenvalue weighted by Gasteiger charge is 2.34. The minimum absolute atomic E-state index is 0.0177. The molecule has 0 radical (unpaired) electrons. The van der Waals surface area contributed by atoms with Crippen molar-refractivity contribution in [3.63, 3.8) is 0 Å². The first-order valence-corrected chi connectivity index (χ1v) is 12.9.